The van der Waals surface area contributed by atoms with E-state index in [1.165, 1.54) is 26.0 Å². The van der Waals surface area contributed by atoms with Crippen molar-refractivity contribution in [1.82, 2.24) is 20.1 Å². The van der Waals surface area contributed by atoms with Crippen LogP contribution in [0.3, 0.4) is 0 Å². The lowest BCUT2D eigenvalue weighted by Crippen LogP contribution is -2.24. The van der Waals surface area contributed by atoms with Gasteiger partial charge in [-0.3, -0.25) is 4.79 Å². The molecule has 1 aromatic heterocycles. The first-order valence-corrected chi connectivity index (χ1v) is 9.12. The Hall–Kier alpha value is -3.26. The minimum absolute atomic E-state index is 0.0508. The molecule has 1 amide bonds. The highest BCUT2D eigenvalue weighted by Crippen LogP contribution is 2.38. The van der Waals surface area contributed by atoms with Gasteiger partial charge in [0, 0.05) is 6.54 Å². The van der Waals surface area contributed by atoms with Crippen molar-refractivity contribution < 1.29 is 19.0 Å². The Labute approximate surface area is 173 Å². The maximum Gasteiger partial charge on any atom is 0.291 e. The first-order chi connectivity index (χ1) is 14.0. The molecule has 1 heterocycles. The number of amides is 1. The van der Waals surface area contributed by atoms with Crippen LogP contribution in [-0.2, 0) is 6.54 Å². The van der Waals surface area contributed by atoms with Crippen LogP contribution in [-0.4, -0.2) is 42.0 Å². The summed E-state index contributed by atoms with van der Waals surface area (Å²) in [5.41, 5.74) is 1.43. The number of hydrogen-bond donors (Lipinski definition) is 1. The molecule has 3 rings (SSSR count). The maximum atomic E-state index is 12.6. The van der Waals surface area contributed by atoms with Crippen LogP contribution in [0.25, 0.3) is 5.69 Å². The minimum atomic E-state index is -0.410. The summed E-state index contributed by atoms with van der Waals surface area (Å²) in [4.78, 5) is 16.8. The zero-order chi connectivity index (χ0) is 21.0. The lowest BCUT2D eigenvalue weighted by molar-refractivity contribution is 0.0940. The first-order valence-electron chi connectivity index (χ1n) is 8.74. The van der Waals surface area contributed by atoms with Gasteiger partial charge in [-0.1, -0.05) is 23.7 Å². The van der Waals surface area contributed by atoms with Gasteiger partial charge in [0.15, 0.2) is 11.5 Å². The molecule has 0 unspecified atom stereocenters. The lowest BCUT2D eigenvalue weighted by Gasteiger charge is -2.14. The van der Waals surface area contributed by atoms with Crippen molar-refractivity contribution in [3.8, 4) is 22.9 Å². The van der Waals surface area contributed by atoms with Crippen LogP contribution in [0.2, 0.25) is 5.02 Å². The van der Waals surface area contributed by atoms with Crippen molar-refractivity contribution in [3.05, 3.63) is 58.6 Å². The number of nitrogens with one attached hydrogen (secondary N) is 1. The summed E-state index contributed by atoms with van der Waals surface area (Å²) in [6, 6.07) is 10.8. The van der Waals surface area contributed by atoms with E-state index in [1.54, 1.807) is 25.1 Å². The average molecular weight is 417 g/mol. The van der Waals surface area contributed by atoms with E-state index < -0.39 is 5.91 Å². The monoisotopic (exact) mass is 416 g/mol. The molecule has 9 heteroatoms. The SMILES string of the molecule is COc1cc(CNC(=O)c2nc(C)n(-c3ccccc3Cl)n2)cc(OC)c1OC. The van der Waals surface area contributed by atoms with Crippen LogP contribution in [0.5, 0.6) is 17.2 Å². The van der Waals surface area contributed by atoms with Gasteiger partial charge in [0.05, 0.1) is 32.0 Å². The zero-order valence-corrected chi connectivity index (χ0v) is 17.3. The Bertz CT molecular complexity index is 1010. The molecule has 0 atom stereocenters. The largest absolute Gasteiger partial charge is 0.493 e. The topological polar surface area (TPSA) is 87.5 Å². The number of nitrogens with zero attached hydrogens (tertiary/aromatic N) is 3. The number of halogens is 1. The molecular weight excluding hydrogens is 396 g/mol. The molecule has 0 aliphatic rings. The van der Waals surface area contributed by atoms with E-state index in [9.17, 15) is 4.79 Å². The molecular formula is C20H21ClN4O4. The van der Waals surface area contributed by atoms with Crippen LogP contribution in [0.1, 0.15) is 22.0 Å². The van der Waals surface area contributed by atoms with E-state index in [0.717, 1.165) is 5.56 Å². The highest BCUT2D eigenvalue weighted by Gasteiger charge is 2.18. The second-order valence-electron chi connectivity index (χ2n) is 6.06. The molecule has 2 aromatic carbocycles. The molecule has 152 valence electrons. The number of methoxy groups -OCH3 is 3. The molecule has 0 bridgehead atoms. The van der Waals surface area contributed by atoms with Crippen LogP contribution in [0.4, 0.5) is 0 Å². The number of aromatic nitrogens is 3. The molecule has 0 aliphatic heterocycles. The van der Waals surface area contributed by atoms with E-state index in [-0.39, 0.29) is 12.4 Å². The number of hydrogen-bond acceptors (Lipinski definition) is 6. The summed E-state index contributed by atoms with van der Waals surface area (Å²) in [5, 5.41) is 7.61. The standard InChI is InChI=1S/C20H21ClN4O4/c1-12-23-19(24-25(12)15-8-6-5-7-14(15)21)20(26)22-11-13-9-16(27-2)18(29-4)17(10-13)28-3/h5-10H,11H2,1-4H3,(H,22,26). The van der Waals surface area contributed by atoms with E-state index in [0.29, 0.717) is 33.8 Å². The van der Waals surface area contributed by atoms with Gasteiger partial charge in [0.25, 0.3) is 5.91 Å². The van der Waals surface area contributed by atoms with Crippen LogP contribution < -0.4 is 19.5 Å². The molecule has 3 aromatic rings. The Balaban J connectivity index is 1.78. The zero-order valence-electron chi connectivity index (χ0n) is 16.5. The first kappa shape index (κ1) is 20.5. The third-order valence-electron chi connectivity index (χ3n) is 4.23. The second kappa shape index (κ2) is 8.83. The third kappa shape index (κ3) is 4.27. The Kier molecular flexibility index (Phi) is 6.23. The van der Waals surface area contributed by atoms with Crippen molar-refractivity contribution in [3.63, 3.8) is 0 Å². The Morgan fingerprint density at radius 1 is 1.10 bits per heavy atom. The predicted molar refractivity (Wildman–Crippen MR) is 108 cm³/mol. The summed E-state index contributed by atoms with van der Waals surface area (Å²) >= 11 is 6.22. The molecule has 0 saturated carbocycles. The smallest absolute Gasteiger partial charge is 0.291 e. The summed E-state index contributed by atoms with van der Waals surface area (Å²) in [6.45, 7) is 1.99. The quantitative estimate of drug-likeness (QED) is 0.636. The van der Waals surface area contributed by atoms with Crippen molar-refractivity contribution >= 4 is 17.5 Å². The van der Waals surface area contributed by atoms with Crippen LogP contribution >= 0.6 is 11.6 Å². The average Bonchev–Trinajstić information content (AvgIpc) is 3.12. The number of rotatable bonds is 7. The van der Waals surface area contributed by atoms with E-state index in [4.69, 9.17) is 25.8 Å². The molecule has 0 saturated heterocycles. The number of para-hydroxylation sites is 1. The normalized spacial score (nSPS) is 10.5. The minimum Gasteiger partial charge on any atom is -0.493 e. The van der Waals surface area contributed by atoms with Crippen molar-refractivity contribution in [2.75, 3.05) is 21.3 Å². The molecule has 0 radical (unpaired) electrons. The highest BCUT2D eigenvalue weighted by molar-refractivity contribution is 6.32. The molecule has 1 N–H and O–H groups in total. The van der Waals surface area contributed by atoms with E-state index in [1.807, 2.05) is 18.2 Å². The molecule has 29 heavy (non-hydrogen) atoms. The number of benzene rings is 2. The fourth-order valence-corrected chi connectivity index (χ4v) is 3.05. The second-order valence-corrected chi connectivity index (χ2v) is 6.47. The molecule has 0 spiro atoms. The molecule has 8 nitrogen and oxygen atoms in total. The van der Waals surface area contributed by atoms with Gasteiger partial charge in [-0.2, -0.15) is 0 Å². The third-order valence-corrected chi connectivity index (χ3v) is 4.55. The van der Waals surface area contributed by atoms with E-state index >= 15 is 0 Å². The van der Waals surface area contributed by atoms with Gasteiger partial charge in [-0.25, -0.2) is 9.67 Å². The summed E-state index contributed by atoms with van der Waals surface area (Å²) in [5.74, 6) is 1.69. The fourth-order valence-electron chi connectivity index (χ4n) is 2.84. The summed E-state index contributed by atoms with van der Waals surface area (Å²) < 4.78 is 17.5. The Morgan fingerprint density at radius 3 is 2.34 bits per heavy atom. The van der Waals surface area contributed by atoms with Gasteiger partial charge in [0.1, 0.15) is 5.82 Å². The molecule has 0 aliphatic carbocycles. The summed E-state index contributed by atoms with van der Waals surface area (Å²) in [7, 11) is 4.60. The van der Waals surface area contributed by atoms with Gasteiger partial charge in [0.2, 0.25) is 11.6 Å². The predicted octanol–water partition coefficient (Wildman–Crippen LogP) is 3.18. The van der Waals surface area contributed by atoms with Gasteiger partial charge < -0.3 is 19.5 Å². The van der Waals surface area contributed by atoms with Crippen LogP contribution in [0, 0.1) is 6.92 Å². The lowest BCUT2D eigenvalue weighted by atomic mass is 10.1. The van der Waals surface area contributed by atoms with Crippen molar-refractivity contribution in [1.29, 1.82) is 0 Å². The number of ether oxygens (including phenoxy) is 3. The number of aryl methyl sites for hydroxylation is 1. The fraction of sp³-hybridized carbons (Fsp3) is 0.250. The van der Waals surface area contributed by atoms with Crippen molar-refractivity contribution in [2.45, 2.75) is 13.5 Å². The number of carbonyl (C=O) groups is 1. The summed E-state index contributed by atoms with van der Waals surface area (Å²) in [6.07, 6.45) is 0. The number of carbonyl (C=O) groups excluding carboxylic acids is 1. The van der Waals surface area contributed by atoms with Crippen molar-refractivity contribution in [2.24, 2.45) is 0 Å². The van der Waals surface area contributed by atoms with Gasteiger partial charge in [-0.05, 0) is 36.8 Å². The highest BCUT2D eigenvalue weighted by atomic mass is 35.5. The van der Waals surface area contributed by atoms with Crippen LogP contribution in [0.15, 0.2) is 36.4 Å². The maximum absolute atomic E-state index is 12.6. The van der Waals surface area contributed by atoms with Gasteiger partial charge in [-0.15, -0.1) is 5.10 Å². The van der Waals surface area contributed by atoms with Gasteiger partial charge >= 0.3 is 0 Å². The van der Waals surface area contributed by atoms with E-state index in [2.05, 4.69) is 15.4 Å². The Morgan fingerprint density at radius 2 is 1.76 bits per heavy atom. The molecule has 0 fully saturated rings.